The molecule has 3 heterocycles. The summed E-state index contributed by atoms with van der Waals surface area (Å²) in [5.41, 5.74) is 4.85. The van der Waals surface area contributed by atoms with Gasteiger partial charge in [-0.25, -0.2) is 0 Å². The van der Waals surface area contributed by atoms with Crippen molar-refractivity contribution in [2.75, 3.05) is 45.9 Å². The van der Waals surface area contributed by atoms with E-state index in [0.29, 0.717) is 50.6 Å². The van der Waals surface area contributed by atoms with Crippen LogP contribution < -0.4 is 9.47 Å². The Kier molecular flexibility index (Phi) is 7.48. The number of nitrogens with zero attached hydrogens (tertiary/aromatic N) is 3. The molecule has 0 aliphatic carbocycles. The smallest absolute Gasteiger partial charge is 0.254 e. The summed E-state index contributed by atoms with van der Waals surface area (Å²) in [4.78, 5) is 34.5. The summed E-state index contributed by atoms with van der Waals surface area (Å²) in [6.45, 7) is 9.40. The summed E-state index contributed by atoms with van der Waals surface area (Å²) < 4.78 is 11.9. The van der Waals surface area contributed by atoms with Gasteiger partial charge in [-0.3, -0.25) is 14.5 Å². The first-order valence-corrected chi connectivity index (χ1v) is 14.5. The molecular formula is C33H37N3O4. The fourth-order valence-corrected chi connectivity index (χ4v) is 6.50. The lowest BCUT2D eigenvalue weighted by atomic mass is 9.75. The van der Waals surface area contributed by atoms with Crippen LogP contribution in [-0.4, -0.2) is 72.5 Å². The van der Waals surface area contributed by atoms with Gasteiger partial charge in [-0.05, 0) is 60.7 Å². The van der Waals surface area contributed by atoms with Gasteiger partial charge in [-0.2, -0.15) is 0 Å². The van der Waals surface area contributed by atoms with Gasteiger partial charge in [0.1, 0.15) is 0 Å². The summed E-state index contributed by atoms with van der Waals surface area (Å²) in [7, 11) is 0. The minimum atomic E-state index is -0.471. The molecule has 0 aromatic heterocycles. The van der Waals surface area contributed by atoms with Crippen molar-refractivity contribution in [1.29, 1.82) is 0 Å². The van der Waals surface area contributed by atoms with Crippen molar-refractivity contribution in [3.8, 4) is 11.5 Å². The van der Waals surface area contributed by atoms with Crippen molar-refractivity contribution in [2.45, 2.75) is 38.8 Å². The standard InChI is InChI=1S/C33H37N3O4/c1-3-39-28-20-24-14-15-36-31(27(24)21-29(28)40-4-2)30(25-12-8-9-13-26(25)32(36)37)33(38)35-18-16-34(17-19-35)22-23-10-6-5-7-11-23/h5-13,20-21,30-31H,3-4,14-19,22H2,1-2H3. The number of piperazine rings is 1. The number of hydrogen-bond donors (Lipinski definition) is 0. The van der Waals surface area contributed by atoms with Gasteiger partial charge in [0.25, 0.3) is 5.91 Å². The van der Waals surface area contributed by atoms with Gasteiger partial charge in [0, 0.05) is 44.8 Å². The average Bonchev–Trinajstić information content (AvgIpc) is 2.98. The average molecular weight is 540 g/mol. The summed E-state index contributed by atoms with van der Waals surface area (Å²) in [6.07, 6.45) is 0.714. The number of rotatable bonds is 7. The van der Waals surface area contributed by atoms with E-state index in [2.05, 4.69) is 35.2 Å². The second kappa shape index (κ2) is 11.3. The maximum atomic E-state index is 14.4. The maximum Gasteiger partial charge on any atom is 0.254 e. The van der Waals surface area contributed by atoms with Crippen molar-refractivity contribution in [3.05, 3.63) is 94.5 Å². The fraction of sp³-hybridized carbons (Fsp3) is 0.394. The number of benzene rings is 3. The molecule has 1 saturated heterocycles. The van der Waals surface area contributed by atoms with Crippen LogP contribution >= 0.6 is 0 Å². The van der Waals surface area contributed by atoms with E-state index < -0.39 is 5.92 Å². The Morgan fingerprint density at radius 2 is 1.50 bits per heavy atom. The Bertz CT molecular complexity index is 1380. The van der Waals surface area contributed by atoms with Crippen LogP contribution in [0.2, 0.25) is 0 Å². The van der Waals surface area contributed by atoms with E-state index in [1.807, 2.05) is 60.0 Å². The van der Waals surface area contributed by atoms with Crippen molar-refractivity contribution in [1.82, 2.24) is 14.7 Å². The zero-order valence-corrected chi connectivity index (χ0v) is 23.3. The van der Waals surface area contributed by atoms with E-state index in [1.54, 1.807) is 0 Å². The molecule has 2 amide bonds. The quantitative estimate of drug-likeness (QED) is 0.437. The third-order valence-corrected chi connectivity index (χ3v) is 8.38. The lowest BCUT2D eigenvalue weighted by Crippen LogP contribution is -2.54. The minimum absolute atomic E-state index is 0.00479. The molecule has 0 bridgehead atoms. The number of carbonyl (C=O) groups is 2. The molecule has 3 aliphatic rings. The minimum Gasteiger partial charge on any atom is -0.490 e. The highest BCUT2D eigenvalue weighted by atomic mass is 16.5. The Morgan fingerprint density at radius 3 is 2.23 bits per heavy atom. The Morgan fingerprint density at radius 1 is 0.825 bits per heavy atom. The molecule has 0 N–H and O–H groups in total. The molecule has 0 spiro atoms. The van der Waals surface area contributed by atoms with Crippen LogP contribution in [0.15, 0.2) is 66.7 Å². The monoisotopic (exact) mass is 539 g/mol. The van der Waals surface area contributed by atoms with Crippen molar-refractivity contribution in [2.24, 2.45) is 0 Å². The first-order chi connectivity index (χ1) is 19.6. The van der Waals surface area contributed by atoms with Gasteiger partial charge in [0.05, 0.1) is 25.2 Å². The molecule has 7 nitrogen and oxygen atoms in total. The van der Waals surface area contributed by atoms with Crippen LogP contribution in [0, 0.1) is 0 Å². The molecule has 2 atom stereocenters. The molecule has 0 saturated carbocycles. The molecule has 40 heavy (non-hydrogen) atoms. The Labute approximate surface area is 236 Å². The zero-order chi connectivity index (χ0) is 27.6. The molecule has 2 unspecified atom stereocenters. The van der Waals surface area contributed by atoms with Crippen LogP contribution in [0.3, 0.4) is 0 Å². The predicted molar refractivity (Wildman–Crippen MR) is 154 cm³/mol. The van der Waals surface area contributed by atoms with E-state index in [-0.39, 0.29) is 17.9 Å². The summed E-state index contributed by atoms with van der Waals surface area (Å²) in [5, 5.41) is 0. The third-order valence-electron chi connectivity index (χ3n) is 8.38. The number of fused-ring (bicyclic) bond motifs is 4. The molecule has 3 aliphatic heterocycles. The highest BCUT2D eigenvalue weighted by Gasteiger charge is 2.48. The zero-order valence-electron chi connectivity index (χ0n) is 23.3. The summed E-state index contributed by atoms with van der Waals surface area (Å²) in [5.74, 6) is 0.998. The Hall–Kier alpha value is -3.84. The molecular weight excluding hydrogens is 502 g/mol. The van der Waals surface area contributed by atoms with E-state index in [9.17, 15) is 9.59 Å². The van der Waals surface area contributed by atoms with Gasteiger partial charge >= 0.3 is 0 Å². The van der Waals surface area contributed by atoms with Crippen LogP contribution in [0.25, 0.3) is 0 Å². The lowest BCUT2D eigenvalue weighted by Gasteiger charge is -2.47. The number of amides is 2. The van der Waals surface area contributed by atoms with Gasteiger partial charge in [-0.15, -0.1) is 0 Å². The van der Waals surface area contributed by atoms with Gasteiger partial charge < -0.3 is 19.3 Å². The van der Waals surface area contributed by atoms with Crippen LogP contribution in [0.1, 0.15) is 58.4 Å². The van der Waals surface area contributed by atoms with Gasteiger partial charge in [-0.1, -0.05) is 48.5 Å². The van der Waals surface area contributed by atoms with E-state index in [1.165, 1.54) is 5.56 Å². The molecule has 1 fully saturated rings. The van der Waals surface area contributed by atoms with E-state index in [0.717, 1.165) is 42.1 Å². The lowest BCUT2D eigenvalue weighted by molar-refractivity contribution is -0.136. The highest BCUT2D eigenvalue weighted by molar-refractivity contribution is 6.01. The molecule has 6 rings (SSSR count). The first-order valence-electron chi connectivity index (χ1n) is 14.5. The Balaban J connectivity index is 1.33. The normalized spacial score (nSPS) is 20.4. The molecule has 7 heteroatoms. The highest BCUT2D eigenvalue weighted by Crippen LogP contribution is 2.49. The molecule has 3 aromatic rings. The van der Waals surface area contributed by atoms with E-state index >= 15 is 0 Å². The molecule has 3 aromatic carbocycles. The first kappa shape index (κ1) is 26.4. The molecule has 0 radical (unpaired) electrons. The maximum absolute atomic E-state index is 14.4. The van der Waals surface area contributed by atoms with Crippen LogP contribution in [-0.2, 0) is 17.8 Å². The van der Waals surface area contributed by atoms with Crippen molar-refractivity contribution in [3.63, 3.8) is 0 Å². The second-order valence-electron chi connectivity index (χ2n) is 10.7. The van der Waals surface area contributed by atoms with Crippen LogP contribution in [0.4, 0.5) is 0 Å². The number of carbonyl (C=O) groups excluding carboxylic acids is 2. The third kappa shape index (κ3) is 4.83. The topological polar surface area (TPSA) is 62.3 Å². The largest absolute Gasteiger partial charge is 0.490 e. The van der Waals surface area contributed by atoms with E-state index in [4.69, 9.17) is 9.47 Å². The van der Waals surface area contributed by atoms with Crippen molar-refractivity contribution >= 4 is 11.8 Å². The predicted octanol–water partition coefficient (Wildman–Crippen LogP) is 4.67. The fourth-order valence-electron chi connectivity index (χ4n) is 6.50. The van der Waals surface area contributed by atoms with Gasteiger partial charge in [0.2, 0.25) is 5.91 Å². The molecule has 208 valence electrons. The SMILES string of the molecule is CCOc1cc2c(cc1OCC)C1C(C(=O)N3CCN(Cc4ccccc4)CC3)c3ccccc3C(=O)N1CC2. The van der Waals surface area contributed by atoms with Gasteiger partial charge in [0.15, 0.2) is 11.5 Å². The second-order valence-corrected chi connectivity index (χ2v) is 10.7. The number of ether oxygens (including phenoxy) is 2. The summed E-state index contributed by atoms with van der Waals surface area (Å²) in [6, 6.07) is 21.8. The van der Waals surface area contributed by atoms with Crippen molar-refractivity contribution < 1.29 is 19.1 Å². The number of hydrogen-bond acceptors (Lipinski definition) is 5. The van der Waals surface area contributed by atoms with Crippen LogP contribution in [0.5, 0.6) is 11.5 Å². The summed E-state index contributed by atoms with van der Waals surface area (Å²) >= 11 is 0.